The zero-order valence-corrected chi connectivity index (χ0v) is 10.8. The van der Waals surface area contributed by atoms with E-state index in [-0.39, 0.29) is 0 Å². The van der Waals surface area contributed by atoms with Crippen molar-refractivity contribution in [1.82, 2.24) is 14.6 Å². The highest BCUT2D eigenvalue weighted by atomic mass is 32.1. The van der Waals surface area contributed by atoms with Crippen molar-refractivity contribution in [2.45, 2.75) is 0 Å². The van der Waals surface area contributed by atoms with E-state index in [9.17, 15) is 0 Å². The number of furan rings is 1. The number of para-hydroxylation sites is 1. The number of ether oxygens (including phenoxy) is 1. The third kappa shape index (κ3) is 1.53. The van der Waals surface area contributed by atoms with Crippen LogP contribution in [0.5, 0.6) is 5.19 Å². The fourth-order valence-corrected chi connectivity index (χ4v) is 2.73. The van der Waals surface area contributed by atoms with Crippen LogP contribution < -0.4 is 4.74 Å². The summed E-state index contributed by atoms with van der Waals surface area (Å²) in [6, 6.07) is 9.89. The summed E-state index contributed by atoms with van der Waals surface area (Å²) < 4.78 is 12.7. The van der Waals surface area contributed by atoms with Crippen molar-refractivity contribution in [3.05, 3.63) is 36.5 Å². The Hall–Kier alpha value is -2.34. The van der Waals surface area contributed by atoms with Crippen molar-refractivity contribution >= 4 is 27.3 Å². The Bertz CT molecular complexity index is 841. The summed E-state index contributed by atoms with van der Waals surface area (Å²) in [5.74, 6) is 0.752. The lowest BCUT2D eigenvalue weighted by atomic mass is 10.2. The molecule has 0 fully saturated rings. The standard InChI is InChI=1S/C13H9N3O2S/c1-17-13-15-16-9(7-14-12(16)19-13)11-6-8-4-2-3-5-10(8)18-11/h2-7H,1H3. The molecule has 0 aliphatic carbocycles. The van der Waals surface area contributed by atoms with Crippen molar-refractivity contribution in [1.29, 1.82) is 0 Å². The second-order valence-electron chi connectivity index (χ2n) is 4.06. The first kappa shape index (κ1) is 10.6. The average Bonchev–Trinajstić information content (AvgIpc) is 3.10. The molecule has 0 bridgehead atoms. The molecule has 0 spiro atoms. The van der Waals surface area contributed by atoms with E-state index < -0.39 is 0 Å². The van der Waals surface area contributed by atoms with Crippen LogP contribution in [-0.4, -0.2) is 21.7 Å². The number of hydrogen-bond donors (Lipinski definition) is 0. The molecule has 4 aromatic rings. The van der Waals surface area contributed by atoms with Crippen molar-refractivity contribution in [2.75, 3.05) is 7.11 Å². The molecule has 0 saturated carbocycles. The normalized spacial score (nSPS) is 11.4. The van der Waals surface area contributed by atoms with E-state index in [1.165, 1.54) is 11.3 Å². The smallest absolute Gasteiger partial charge is 0.294 e. The Kier molecular flexibility index (Phi) is 2.13. The van der Waals surface area contributed by atoms with E-state index in [4.69, 9.17) is 9.15 Å². The molecule has 0 saturated heterocycles. The quantitative estimate of drug-likeness (QED) is 0.561. The Balaban J connectivity index is 1.95. The Morgan fingerprint density at radius 1 is 1.32 bits per heavy atom. The van der Waals surface area contributed by atoms with E-state index in [0.717, 1.165) is 27.4 Å². The van der Waals surface area contributed by atoms with Gasteiger partial charge in [-0.25, -0.2) is 4.98 Å². The van der Waals surface area contributed by atoms with Crippen molar-refractivity contribution in [3.8, 4) is 16.6 Å². The first-order chi connectivity index (χ1) is 9.35. The van der Waals surface area contributed by atoms with Crippen molar-refractivity contribution in [2.24, 2.45) is 0 Å². The second kappa shape index (κ2) is 3.83. The Morgan fingerprint density at radius 2 is 2.21 bits per heavy atom. The van der Waals surface area contributed by atoms with Crippen LogP contribution in [0.1, 0.15) is 0 Å². The lowest BCUT2D eigenvalue weighted by molar-refractivity contribution is 0.405. The van der Waals surface area contributed by atoms with Crippen LogP contribution in [0.15, 0.2) is 40.9 Å². The van der Waals surface area contributed by atoms with Crippen LogP contribution in [0.3, 0.4) is 0 Å². The molecule has 0 radical (unpaired) electrons. The van der Waals surface area contributed by atoms with Gasteiger partial charge >= 0.3 is 0 Å². The lowest BCUT2D eigenvalue weighted by Crippen LogP contribution is -1.88. The van der Waals surface area contributed by atoms with E-state index >= 15 is 0 Å². The average molecular weight is 271 g/mol. The van der Waals surface area contributed by atoms with E-state index in [1.807, 2.05) is 30.3 Å². The van der Waals surface area contributed by atoms with Gasteiger partial charge in [-0.1, -0.05) is 18.2 Å². The maximum Gasteiger partial charge on any atom is 0.294 e. The molecule has 19 heavy (non-hydrogen) atoms. The third-order valence-corrected chi connectivity index (χ3v) is 3.80. The van der Waals surface area contributed by atoms with Crippen LogP contribution in [0.25, 0.3) is 27.4 Å². The zero-order chi connectivity index (χ0) is 12.8. The molecule has 0 unspecified atom stereocenters. The summed E-state index contributed by atoms with van der Waals surface area (Å²) in [7, 11) is 1.60. The molecule has 4 rings (SSSR count). The second-order valence-corrected chi connectivity index (χ2v) is 4.98. The molecule has 94 valence electrons. The number of fused-ring (bicyclic) bond motifs is 2. The molecule has 6 heteroatoms. The highest BCUT2D eigenvalue weighted by molar-refractivity contribution is 7.18. The summed E-state index contributed by atoms with van der Waals surface area (Å²) in [4.78, 5) is 5.10. The molecule has 5 nitrogen and oxygen atoms in total. The van der Waals surface area contributed by atoms with Crippen molar-refractivity contribution < 1.29 is 9.15 Å². The highest BCUT2D eigenvalue weighted by Gasteiger charge is 2.15. The molecule has 3 heterocycles. The first-order valence-corrected chi connectivity index (χ1v) is 6.54. The summed E-state index contributed by atoms with van der Waals surface area (Å²) >= 11 is 1.40. The van der Waals surface area contributed by atoms with Crippen LogP contribution in [0.2, 0.25) is 0 Å². The number of hydrogen-bond acceptors (Lipinski definition) is 5. The van der Waals surface area contributed by atoms with Crippen LogP contribution in [0, 0.1) is 0 Å². The molecule has 0 amide bonds. The summed E-state index contributed by atoms with van der Waals surface area (Å²) in [6.45, 7) is 0. The highest BCUT2D eigenvalue weighted by Crippen LogP contribution is 2.30. The van der Waals surface area contributed by atoms with Gasteiger partial charge in [-0.15, -0.1) is 5.10 Å². The van der Waals surface area contributed by atoms with Crippen LogP contribution in [0.4, 0.5) is 0 Å². The number of aromatic nitrogens is 3. The fourth-order valence-electron chi connectivity index (χ4n) is 2.03. The molecule has 3 aromatic heterocycles. The molecule has 0 aliphatic heterocycles. The van der Waals surface area contributed by atoms with Gasteiger partial charge in [-0.2, -0.15) is 4.52 Å². The largest absolute Gasteiger partial charge is 0.472 e. The van der Waals surface area contributed by atoms with Gasteiger partial charge in [0.05, 0.1) is 13.3 Å². The Morgan fingerprint density at radius 3 is 3.05 bits per heavy atom. The van der Waals surface area contributed by atoms with Gasteiger partial charge in [0.25, 0.3) is 5.19 Å². The topological polar surface area (TPSA) is 52.6 Å². The minimum absolute atomic E-state index is 0.584. The summed E-state index contributed by atoms with van der Waals surface area (Å²) in [5.41, 5.74) is 1.68. The van der Waals surface area contributed by atoms with E-state index in [1.54, 1.807) is 17.8 Å². The van der Waals surface area contributed by atoms with E-state index in [2.05, 4.69) is 10.1 Å². The van der Waals surface area contributed by atoms with E-state index in [0.29, 0.717) is 5.19 Å². The molecular formula is C13H9N3O2S. The summed E-state index contributed by atoms with van der Waals surface area (Å²) in [5, 5.41) is 5.98. The molecular weight excluding hydrogens is 262 g/mol. The third-order valence-electron chi connectivity index (χ3n) is 2.92. The van der Waals surface area contributed by atoms with Gasteiger partial charge in [0, 0.05) is 5.39 Å². The van der Waals surface area contributed by atoms with Crippen molar-refractivity contribution in [3.63, 3.8) is 0 Å². The van der Waals surface area contributed by atoms with Crippen LogP contribution >= 0.6 is 11.3 Å². The van der Waals surface area contributed by atoms with Crippen LogP contribution in [-0.2, 0) is 0 Å². The first-order valence-electron chi connectivity index (χ1n) is 5.72. The SMILES string of the molecule is COc1nn2c(-c3cc4ccccc4o3)cnc2s1. The molecule has 1 aromatic carbocycles. The molecule has 0 atom stereocenters. The molecule has 0 N–H and O–H groups in total. The lowest BCUT2D eigenvalue weighted by Gasteiger charge is -1.92. The van der Waals surface area contributed by atoms with Gasteiger partial charge in [-0.3, -0.25) is 0 Å². The monoisotopic (exact) mass is 271 g/mol. The predicted octanol–water partition coefficient (Wildman–Crippen LogP) is 3.21. The van der Waals surface area contributed by atoms with Gasteiger partial charge in [0.1, 0.15) is 11.3 Å². The maximum absolute atomic E-state index is 5.83. The number of benzene rings is 1. The number of imidazole rings is 1. The fraction of sp³-hybridized carbons (Fsp3) is 0.0769. The van der Waals surface area contributed by atoms with Gasteiger partial charge < -0.3 is 9.15 Å². The Labute approximate surface area is 112 Å². The maximum atomic E-state index is 5.83. The number of nitrogens with zero attached hydrogens (tertiary/aromatic N) is 3. The minimum Gasteiger partial charge on any atom is -0.472 e. The van der Waals surface area contributed by atoms with Gasteiger partial charge in [-0.05, 0) is 23.5 Å². The molecule has 0 aliphatic rings. The number of rotatable bonds is 2. The van der Waals surface area contributed by atoms with Gasteiger partial charge in [0.15, 0.2) is 5.76 Å². The number of methoxy groups -OCH3 is 1. The van der Waals surface area contributed by atoms with Gasteiger partial charge in [0.2, 0.25) is 4.96 Å². The summed E-state index contributed by atoms with van der Waals surface area (Å²) in [6.07, 6.45) is 1.76. The minimum atomic E-state index is 0.584. The zero-order valence-electron chi connectivity index (χ0n) is 10.0. The predicted molar refractivity (Wildman–Crippen MR) is 72.6 cm³/mol.